The summed E-state index contributed by atoms with van der Waals surface area (Å²) in [6.45, 7) is 7.86. The van der Waals surface area contributed by atoms with Crippen LogP contribution in [0.3, 0.4) is 0 Å². The minimum atomic E-state index is -0.0309. The topological polar surface area (TPSA) is 46.9 Å². The molecule has 2 aromatic rings. The Morgan fingerprint density at radius 1 is 1.18 bits per heavy atom. The van der Waals surface area contributed by atoms with E-state index in [9.17, 15) is 4.79 Å². The van der Waals surface area contributed by atoms with Gasteiger partial charge in [0.2, 0.25) is 0 Å². The van der Waals surface area contributed by atoms with Crippen molar-refractivity contribution in [3.8, 4) is 11.3 Å². The van der Waals surface area contributed by atoms with E-state index in [1.54, 1.807) is 7.05 Å². The maximum atomic E-state index is 12.2. The van der Waals surface area contributed by atoms with Crippen LogP contribution in [0, 0.1) is 13.8 Å². The van der Waals surface area contributed by atoms with Gasteiger partial charge >= 0.3 is 0 Å². The Morgan fingerprint density at radius 2 is 1.95 bits per heavy atom. The highest BCUT2D eigenvalue weighted by Crippen LogP contribution is 2.20. The largest absolute Gasteiger partial charge is 0.312 e. The van der Waals surface area contributed by atoms with Crippen LogP contribution in [0.4, 0.5) is 0 Å². The fraction of sp³-hybridized carbons (Fsp3) is 0.444. The van der Waals surface area contributed by atoms with Crippen molar-refractivity contribution >= 4 is 0 Å². The molecule has 0 atom stereocenters. The zero-order valence-electron chi connectivity index (χ0n) is 13.9. The van der Waals surface area contributed by atoms with Crippen molar-refractivity contribution in [2.24, 2.45) is 7.05 Å². The van der Waals surface area contributed by atoms with Gasteiger partial charge in [0.15, 0.2) is 0 Å². The zero-order valence-corrected chi connectivity index (χ0v) is 13.9. The summed E-state index contributed by atoms with van der Waals surface area (Å²) in [6.07, 6.45) is 2.27. The lowest BCUT2D eigenvalue weighted by Gasteiger charge is -2.10. The molecule has 4 heteroatoms. The van der Waals surface area contributed by atoms with E-state index in [0.29, 0.717) is 6.54 Å². The van der Waals surface area contributed by atoms with Crippen LogP contribution in [0.1, 0.15) is 36.5 Å². The molecule has 0 bridgehead atoms. The Bertz CT molecular complexity index is 704. The highest BCUT2D eigenvalue weighted by molar-refractivity contribution is 5.61. The monoisotopic (exact) mass is 299 g/mol. The van der Waals surface area contributed by atoms with Crippen molar-refractivity contribution in [1.29, 1.82) is 0 Å². The molecule has 0 spiro atoms. The first-order valence-corrected chi connectivity index (χ1v) is 7.88. The summed E-state index contributed by atoms with van der Waals surface area (Å²) in [5.74, 6) is 0. The molecule has 1 aromatic carbocycles. The second kappa shape index (κ2) is 7.36. The van der Waals surface area contributed by atoms with Gasteiger partial charge in [-0.2, -0.15) is 5.10 Å². The van der Waals surface area contributed by atoms with Crippen LogP contribution in [0.25, 0.3) is 11.3 Å². The van der Waals surface area contributed by atoms with E-state index in [4.69, 9.17) is 0 Å². The minimum Gasteiger partial charge on any atom is -0.312 e. The molecule has 0 saturated heterocycles. The molecule has 22 heavy (non-hydrogen) atoms. The van der Waals surface area contributed by atoms with E-state index in [-0.39, 0.29) is 5.56 Å². The number of rotatable bonds is 6. The van der Waals surface area contributed by atoms with Crippen molar-refractivity contribution < 1.29 is 0 Å². The molecule has 1 heterocycles. The van der Waals surface area contributed by atoms with Crippen molar-refractivity contribution in [3.05, 3.63) is 51.3 Å². The highest BCUT2D eigenvalue weighted by atomic mass is 16.1. The van der Waals surface area contributed by atoms with Crippen molar-refractivity contribution in [3.63, 3.8) is 0 Å². The van der Waals surface area contributed by atoms with Crippen LogP contribution in [0.5, 0.6) is 0 Å². The molecular formula is C18H25N3O. The first-order chi connectivity index (χ1) is 10.5. The summed E-state index contributed by atoms with van der Waals surface area (Å²) in [5, 5.41) is 7.72. The van der Waals surface area contributed by atoms with Gasteiger partial charge in [0, 0.05) is 24.7 Å². The summed E-state index contributed by atoms with van der Waals surface area (Å²) in [6, 6.07) is 8.18. The van der Waals surface area contributed by atoms with Gasteiger partial charge in [-0.05, 0) is 50.1 Å². The second-order valence-electron chi connectivity index (χ2n) is 5.81. The van der Waals surface area contributed by atoms with E-state index in [0.717, 1.165) is 36.2 Å². The molecular weight excluding hydrogens is 274 g/mol. The summed E-state index contributed by atoms with van der Waals surface area (Å²) in [7, 11) is 1.71. The first kappa shape index (κ1) is 16.4. The van der Waals surface area contributed by atoms with Gasteiger partial charge in [-0.1, -0.05) is 25.5 Å². The van der Waals surface area contributed by atoms with Crippen LogP contribution >= 0.6 is 0 Å². The lowest BCUT2D eigenvalue weighted by atomic mass is 10.0. The fourth-order valence-electron chi connectivity index (χ4n) is 2.36. The van der Waals surface area contributed by atoms with E-state index in [1.807, 2.05) is 6.07 Å². The van der Waals surface area contributed by atoms with Gasteiger partial charge < -0.3 is 5.32 Å². The number of nitrogens with zero attached hydrogens (tertiary/aromatic N) is 2. The molecule has 0 amide bonds. The second-order valence-corrected chi connectivity index (χ2v) is 5.81. The number of hydrogen-bond acceptors (Lipinski definition) is 3. The molecule has 1 N–H and O–H groups in total. The molecule has 2 rings (SSSR count). The SMILES string of the molecule is CCCCNCc1cc(-c2ccc(C)c(C)c2)nn(C)c1=O. The standard InChI is InChI=1S/C18H25N3O/c1-5-6-9-19-12-16-11-17(20-21(4)18(16)22)15-8-7-13(2)14(3)10-15/h7-8,10-11,19H,5-6,9,12H2,1-4H3. The third-order valence-corrected chi connectivity index (χ3v) is 3.96. The third kappa shape index (κ3) is 3.83. The molecule has 1 aromatic heterocycles. The molecule has 0 unspecified atom stereocenters. The van der Waals surface area contributed by atoms with Crippen LogP contribution in [0.15, 0.2) is 29.1 Å². The lowest BCUT2D eigenvalue weighted by molar-refractivity contribution is 0.623. The number of hydrogen-bond donors (Lipinski definition) is 1. The zero-order chi connectivity index (χ0) is 16.1. The normalized spacial score (nSPS) is 10.9. The van der Waals surface area contributed by atoms with Crippen molar-refractivity contribution in [1.82, 2.24) is 15.1 Å². The minimum absolute atomic E-state index is 0.0309. The molecule has 118 valence electrons. The Balaban J connectivity index is 2.30. The highest BCUT2D eigenvalue weighted by Gasteiger charge is 2.08. The molecule has 0 fully saturated rings. The van der Waals surface area contributed by atoms with Crippen LogP contribution in [0.2, 0.25) is 0 Å². The Morgan fingerprint density at radius 3 is 2.64 bits per heavy atom. The van der Waals surface area contributed by atoms with Gasteiger partial charge in [-0.3, -0.25) is 4.79 Å². The van der Waals surface area contributed by atoms with Gasteiger partial charge in [0.05, 0.1) is 5.69 Å². The van der Waals surface area contributed by atoms with Gasteiger partial charge in [0.1, 0.15) is 0 Å². The summed E-state index contributed by atoms with van der Waals surface area (Å²) >= 11 is 0. The smallest absolute Gasteiger partial charge is 0.271 e. The summed E-state index contributed by atoms with van der Waals surface area (Å²) < 4.78 is 1.43. The summed E-state index contributed by atoms with van der Waals surface area (Å²) in [4.78, 5) is 12.2. The van der Waals surface area contributed by atoms with Gasteiger partial charge in [0.25, 0.3) is 5.56 Å². The van der Waals surface area contributed by atoms with E-state index in [1.165, 1.54) is 15.8 Å². The average Bonchev–Trinajstić information content (AvgIpc) is 2.50. The number of benzene rings is 1. The molecule has 0 aliphatic rings. The molecule has 0 saturated carbocycles. The Labute approximate surface area is 132 Å². The van der Waals surface area contributed by atoms with Crippen LogP contribution < -0.4 is 10.9 Å². The molecule has 0 aliphatic heterocycles. The first-order valence-electron chi connectivity index (χ1n) is 7.88. The maximum absolute atomic E-state index is 12.2. The van der Waals surface area contributed by atoms with Crippen LogP contribution in [-0.4, -0.2) is 16.3 Å². The third-order valence-electron chi connectivity index (χ3n) is 3.96. The van der Waals surface area contributed by atoms with E-state index in [2.05, 4.69) is 49.4 Å². The fourth-order valence-corrected chi connectivity index (χ4v) is 2.36. The number of aromatic nitrogens is 2. The maximum Gasteiger partial charge on any atom is 0.271 e. The Hall–Kier alpha value is -1.94. The Kier molecular flexibility index (Phi) is 5.50. The molecule has 4 nitrogen and oxygen atoms in total. The van der Waals surface area contributed by atoms with E-state index < -0.39 is 0 Å². The van der Waals surface area contributed by atoms with E-state index >= 15 is 0 Å². The average molecular weight is 299 g/mol. The van der Waals surface area contributed by atoms with Crippen molar-refractivity contribution in [2.45, 2.75) is 40.2 Å². The number of nitrogens with one attached hydrogen (secondary N) is 1. The van der Waals surface area contributed by atoms with Gasteiger partial charge in [-0.25, -0.2) is 4.68 Å². The molecule has 0 aliphatic carbocycles. The lowest BCUT2D eigenvalue weighted by Crippen LogP contribution is -2.28. The van der Waals surface area contributed by atoms with Crippen LogP contribution in [-0.2, 0) is 13.6 Å². The number of aryl methyl sites for hydroxylation is 3. The molecule has 0 radical (unpaired) electrons. The number of unbranched alkanes of at least 4 members (excludes halogenated alkanes) is 1. The predicted molar refractivity (Wildman–Crippen MR) is 91.0 cm³/mol. The van der Waals surface area contributed by atoms with Gasteiger partial charge in [-0.15, -0.1) is 0 Å². The summed E-state index contributed by atoms with van der Waals surface area (Å²) in [5.41, 5.74) is 5.12. The predicted octanol–water partition coefficient (Wildman–Crippen LogP) is 2.95. The quantitative estimate of drug-likeness (QED) is 0.834. The van der Waals surface area contributed by atoms with Crippen molar-refractivity contribution in [2.75, 3.05) is 6.54 Å².